The van der Waals surface area contributed by atoms with Crippen molar-refractivity contribution in [1.82, 2.24) is 10.9 Å². The largest absolute Gasteiger partial charge is 0.331 e. The Balaban J connectivity index is 1.93. The van der Waals surface area contributed by atoms with Gasteiger partial charge in [0, 0.05) is 34.4 Å². The highest BCUT2D eigenvalue weighted by molar-refractivity contribution is 6.35. The van der Waals surface area contributed by atoms with Crippen LogP contribution in [-0.4, -0.2) is 34.1 Å². The Morgan fingerprint density at radius 2 is 1.17 bits per heavy atom. The Kier molecular flexibility index (Phi) is 7.01. The maximum absolute atomic E-state index is 11.7. The van der Waals surface area contributed by atoms with Crippen molar-refractivity contribution in [2.45, 2.75) is 13.8 Å². The van der Waals surface area contributed by atoms with Crippen LogP contribution < -0.4 is 10.9 Å². The molecule has 154 valence electrons. The first kappa shape index (κ1) is 21.8. The minimum absolute atomic E-state index is 0.103. The van der Waals surface area contributed by atoms with E-state index in [0.29, 0.717) is 22.3 Å². The molecule has 12 nitrogen and oxygen atoms in total. The summed E-state index contributed by atoms with van der Waals surface area (Å²) in [6, 6.07) is 8.72. The van der Waals surface area contributed by atoms with Crippen LogP contribution in [0.2, 0.25) is 0 Å². The molecule has 2 rings (SSSR count). The summed E-state index contributed by atoms with van der Waals surface area (Å²) in [7, 11) is 0. The molecule has 30 heavy (non-hydrogen) atoms. The molecule has 0 saturated heterocycles. The molecule has 0 saturated carbocycles. The van der Waals surface area contributed by atoms with Crippen molar-refractivity contribution in [3.05, 3.63) is 78.9 Å². The second-order valence-corrected chi connectivity index (χ2v) is 6.00. The molecule has 0 aliphatic heterocycles. The van der Waals surface area contributed by atoms with Gasteiger partial charge in [0.05, 0.1) is 22.3 Å². The summed E-state index contributed by atoms with van der Waals surface area (Å²) in [4.78, 5) is 44.1. The highest BCUT2D eigenvalue weighted by atomic mass is 16.6. The van der Waals surface area contributed by atoms with E-state index in [4.69, 9.17) is 0 Å². The molecular weight excluding hydrogens is 396 g/mol. The van der Waals surface area contributed by atoms with Crippen LogP contribution in [0.4, 0.5) is 11.4 Å². The molecule has 0 aliphatic carbocycles. The number of carbonyl (C=O) groups is 2. The van der Waals surface area contributed by atoms with E-state index in [9.17, 15) is 29.8 Å². The van der Waals surface area contributed by atoms with E-state index in [1.165, 1.54) is 24.3 Å². The summed E-state index contributed by atoms with van der Waals surface area (Å²) in [5.41, 5.74) is 5.36. The fraction of sp³-hybridized carbons (Fsp3) is 0.111. The van der Waals surface area contributed by atoms with E-state index in [1.807, 2.05) is 10.9 Å². The summed E-state index contributed by atoms with van der Waals surface area (Å²) >= 11 is 0. The predicted molar refractivity (Wildman–Crippen MR) is 107 cm³/mol. The Morgan fingerprint density at radius 3 is 1.50 bits per heavy atom. The van der Waals surface area contributed by atoms with Gasteiger partial charge in [-0.1, -0.05) is 24.3 Å². The standard InChI is InChI=1S/C18H16N6O6/c1-11-3-5-13(7-15(11)23(27)28)9-19-21-17(25)18(26)22-20-10-14-6-4-12(2)16(8-14)24(29)30/h3-10H,1-2H3,(H,21,25)(H,22,26)/b19-9+,20-10+. The van der Waals surface area contributed by atoms with Crippen molar-refractivity contribution in [2.24, 2.45) is 10.2 Å². The van der Waals surface area contributed by atoms with Crippen LogP contribution >= 0.6 is 0 Å². The van der Waals surface area contributed by atoms with E-state index in [1.54, 1.807) is 26.0 Å². The van der Waals surface area contributed by atoms with Gasteiger partial charge >= 0.3 is 11.8 Å². The van der Waals surface area contributed by atoms with Crippen LogP contribution in [0.25, 0.3) is 0 Å². The number of amides is 2. The molecule has 0 aromatic heterocycles. The van der Waals surface area contributed by atoms with Crippen molar-refractivity contribution in [3.63, 3.8) is 0 Å². The third kappa shape index (κ3) is 5.76. The fourth-order valence-corrected chi connectivity index (χ4v) is 2.24. The van der Waals surface area contributed by atoms with Crippen LogP contribution in [0.3, 0.4) is 0 Å². The molecule has 0 bridgehead atoms. The maximum atomic E-state index is 11.7. The monoisotopic (exact) mass is 412 g/mol. The molecule has 2 amide bonds. The Bertz CT molecular complexity index is 993. The van der Waals surface area contributed by atoms with E-state index < -0.39 is 21.7 Å². The number of nitrogens with zero attached hydrogens (tertiary/aromatic N) is 4. The van der Waals surface area contributed by atoms with Crippen LogP contribution in [0, 0.1) is 34.1 Å². The van der Waals surface area contributed by atoms with E-state index in [2.05, 4.69) is 10.2 Å². The van der Waals surface area contributed by atoms with E-state index in [0.717, 1.165) is 12.4 Å². The summed E-state index contributed by atoms with van der Waals surface area (Å²) in [5.74, 6) is -2.25. The second-order valence-electron chi connectivity index (χ2n) is 6.00. The summed E-state index contributed by atoms with van der Waals surface area (Å²) in [6.07, 6.45) is 2.29. The van der Waals surface area contributed by atoms with Gasteiger partial charge in [-0.3, -0.25) is 29.8 Å². The topological polar surface area (TPSA) is 169 Å². The zero-order chi connectivity index (χ0) is 22.3. The minimum Gasteiger partial charge on any atom is -0.262 e. The molecule has 0 unspecified atom stereocenters. The lowest BCUT2D eigenvalue weighted by atomic mass is 10.1. The highest BCUT2D eigenvalue weighted by Gasteiger charge is 2.13. The van der Waals surface area contributed by atoms with Gasteiger partial charge in [0.2, 0.25) is 0 Å². The molecule has 0 aliphatic rings. The third-order valence-electron chi connectivity index (χ3n) is 3.83. The van der Waals surface area contributed by atoms with Gasteiger partial charge in [-0.05, 0) is 13.8 Å². The smallest absolute Gasteiger partial charge is 0.262 e. The lowest BCUT2D eigenvalue weighted by Crippen LogP contribution is -2.35. The number of nitro benzene ring substituents is 2. The molecule has 0 fully saturated rings. The summed E-state index contributed by atoms with van der Waals surface area (Å²) in [5, 5.41) is 28.9. The van der Waals surface area contributed by atoms with Crippen LogP contribution in [0.15, 0.2) is 46.6 Å². The minimum atomic E-state index is -1.13. The van der Waals surface area contributed by atoms with Gasteiger partial charge < -0.3 is 0 Å². The van der Waals surface area contributed by atoms with E-state index in [-0.39, 0.29) is 11.4 Å². The van der Waals surface area contributed by atoms with Crippen LogP contribution in [-0.2, 0) is 9.59 Å². The average Bonchev–Trinajstić information content (AvgIpc) is 2.69. The van der Waals surface area contributed by atoms with Crippen molar-refractivity contribution >= 4 is 35.6 Å². The van der Waals surface area contributed by atoms with Crippen molar-refractivity contribution < 1.29 is 19.4 Å². The van der Waals surface area contributed by atoms with Gasteiger partial charge in [0.25, 0.3) is 11.4 Å². The number of hydrazone groups is 2. The number of aryl methyl sites for hydroxylation is 2. The molecule has 2 aromatic carbocycles. The number of nitrogens with one attached hydrogen (secondary N) is 2. The summed E-state index contributed by atoms with van der Waals surface area (Å²) < 4.78 is 0. The number of hydrogen-bond donors (Lipinski definition) is 2. The third-order valence-corrected chi connectivity index (χ3v) is 3.83. The SMILES string of the molecule is Cc1ccc(/C=N/NC(=O)C(=O)N/N=C/c2ccc(C)c([N+](=O)[O-])c2)cc1[N+](=O)[O-]. The second kappa shape index (κ2) is 9.64. The predicted octanol–water partition coefficient (Wildman–Crippen LogP) is 1.72. The van der Waals surface area contributed by atoms with Gasteiger partial charge in [0.1, 0.15) is 0 Å². The van der Waals surface area contributed by atoms with Gasteiger partial charge in [-0.2, -0.15) is 10.2 Å². The zero-order valence-electron chi connectivity index (χ0n) is 15.9. The Morgan fingerprint density at radius 1 is 0.800 bits per heavy atom. The highest BCUT2D eigenvalue weighted by Crippen LogP contribution is 2.19. The zero-order valence-corrected chi connectivity index (χ0v) is 15.9. The van der Waals surface area contributed by atoms with Crippen molar-refractivity contribution in [1.29, 1.82) is 0 Å². The van der Waals surface area contributed by atoms with Crippen molar-refractivity contribution in [3.8, 4) is 0 Å². The Hall–Kier alpha value is -4.48. The molecule has 2 N–H and O–H groups in total. The first-order valence-electron chi connectivity index (χ1n) is 8.35. The first-order chi connectivity index (χ1) is 14.2. The van der Waals surface area contributed by atoms with Gasteiger partial charge in [-0.15, -0.1) is 0 Å². The lowest BCUT2D eigenvalue weighted by molar-refractivity contribution is -0.385. The number of benzene rings is 2. The molecule has 0 spiro atoms. The first-order valence-corrected chi connectivity index (χ1v) is 8.35. The van der Waals surface area contributed by atoms with Crippen molar-refractivity contribution in [2.75, 3.05) is 0 Å². The fourth-order valence-electron chi connectivity index (χ4n) is 2.24. The van der Waals surface area contributed by atoms with E-state index >= 15 is 0 Å². The number of rotatable bonds is 6. The molecule has 12 heteroatoms. The number of hydrogen-bond acceptors (Lipinski definition) is 8. The Labute approximate surface area is 169 Å². The molecule has 0 atom stereocenters. The molecular formula is C18H16N6O6. The quantitative estimate of drug-likeness (QED) is 0.317. The molecule has 0 heterocycles. The van der Waals surface area contributed by atoms with Gasteiger partial charge in [0.15, 0.2) is 0 Å². The van der Waals surface area contributed by atoms with Gasteiger partial charge in [-0.25, -0.2) is 10.9 Å². The average molecular weight is 412 g/mol. The van der Waals surface area contributed by atoms with Crippen LogP contribution in [0.1, 0.15) is 22.3 Å². The van der Waals surface area contributed by atoms with Crippen LogP contribution in [0.5, 0.6) is 0 Å². The maximum Gasteiger partial charge on any atom is 0.331 e. The summed E-state index contributed by atoms with van der Waals surface area (Å²) in [6.45, 7) is 3.17. The number of carbonyl (C=O) groups excluding carboxylic acids is 2. The lowest BCUT2D eigenvalue weighted by Gasteiger charge is -2.00. The normalized spacial score (nSPS) is 10.9. The molecule has 2 aromatic rings. The number of nitro groups is 2. The molecule has 0 radical (unpaired) electrons.